The third-order valence-corrected chi connectivity index (χ3v) is 6.62. The zero-order chi connectivity index (χ0) is 18.8. The van der Waals surface area contributed by atoms with Crippen molar-refractivity contribution in [3.63, 3.8) is 0 Å². The van der Waals surface area contributed by atoms with E-state index in [9.17, 15) is 4.79 Å². The fraction of sp³-hybridized carbons (Fsp3) is 0.526. The van der Waals surface area contributed by atoms with E-state index >= 15 is 0 Å². The van der Waals surface area contributed by atoms with E-state index in [1.54, 1.807) is 11.8 Å². The molecule has 1 aromatic carbocycles. The first kappa shape index (κ1) is 18.7. The van der Waals surface area contributed by atoms with Crippen molar-refractivity contribution in [1.29, 1.82) is 0 Å². The van der Waals surface area contributed by atoms with Crippen LogP contribution in [-0.4, -0.2) is 56.4 Å². The summed E-state index contributed by atoms with van der Waals surface area (Å²) in [5.74, 6) is 2.38. The van der Waals surface area contributed by atoms with Gasteiger partial charge < -0.3 is 4.74 Å². The molecule has 2 aromatic rings. The first-order valence-corrected chi connectivity index (χ1v) is 10.7. The Morgan fingerprint density at radius 2 is 2.11 bits per heavy atom. The van der Waals surface area contributed by atoms with Crippen molar-refractivity contribution in [2.45, 2.75) is 37.2 Å². The summed E-state index contributed by atoms with van der Waals surface area (Å²) in [5.41, 5.74) is 1.23. The topological polar surface area (TPSA) is 52.3 Å². The number of carbonyl (C=O) groups excluding carboxylic acids is 1. The molecule has 2 aliphatic rings. The number of rotatable bonds is 6. The van der Waals surface area contributed by atoms with E-state index in [0.29, 0.717) is 19.1 Å². The van der Waals surface area contributed by atoms with Gasteiger partial charge in [-0.25, -0.2) is 4.68 Å². The molecule has 0 spiro atoms. The summed E-state index contributed by atoms with van der Waals surface area (Å²) in [6.07, 6.45) is 2.37. The Bertz CT molecular complexity index is 860. The van der Waals surface area contributed by atoms with Gasteiger partial charge in [-0.1, -0.05) is 30.3 Å². The Hall–Kier alpha value is -1.64. The standard InChI is InChI=1S/C19H24N4O2S2/c1-25-18(24)16-12-21(9-10-27-16)13-23-19(26)22(17(20-23)15-7-8-15)11-14-5-3-2-4-6-14/h2-6,15-16H,7-13H2,1H3/t16-/m0/s1. The number of carbonyl (C=O) groups is 1. The number of nitrogens with zero attached hydrogens (tertiary/aromatic N) is 4. The van der Waals surface area contributed by atoms with E-state index in [2.05, 4.69) is 33.7 Å². The number of thioether (sulfide) groups is 1. The van der Waals surface area contributed by atoms with E-state index in [-0.39, 0.29) is 11.2 Å². The molecule has 1 aromatic heterocycles. The molecule has 0 unspecified atom stereocenters. The predicted molar refractivity (Wildman–Crippen MR) is 108 cm³/mol. The summed E-state index contributed by atoms with van der Waals surface area (Å²) in [5, 5.41) is 4.73. The molecule has 1 saturated carbocycles. The maximum atomic E-state index is 11.9. The second-order valence-corrected chi connectivity index (χ2v) is 8.76. The van der Waals surface area contributed by atoms with Gasteiger partial charge in [-0.15, -0.1) is 11.8 Å². The molecule has 1 aliphatic carbocycles. The second kappa shape index (κ2) is 8.16. The molecule has 1 aliphatic heterocycles. The van der Waals surface area contributed by atoms with Crippen molar-refractivity contribution in [3.05, 3.63) is 46.5 Å². The van der Waals surface area contributed by atoms with Gasteiger partial charge in [0.15, 0.2) is 4.77 Å². The van der Waals surface area contributed by atoms with Crippen LogP contribution in [0.1, 0.15) is 30.1 Å². The smallest absolute Gasteiger partial charge is 0.320 e. The number of hydrogen-bond donors (Lipinski definition) is 0. The Kier molecular flexibility index (Phi) is 5.66. The van der Waals surface area contributed by atoms with Gasteiger partial charge >= 0.3 is 5.97 Å². The molecule has 2 heterocycles. The maximum Gasteiger partial charge on any atom is 0.320 e. The van der Waals surface area contributed by atoms with Gasteiger partial charge in [-0.05, 0) is 30.6 Å². The monoisotopic (exact) mass is 404 g/mol. The maximum absolute atomic E-state index is 11.9. The molecule has 0 radical (unpaired) electrons. The Balaban J connectivity index is 1.54. The molecule has 0 bridgehead atoms. The van der Waals surface area contributed by atoms with Crippen LogP contribution >= 0.6 is 24.0 Å². The van der Waals surface area contributed by atoms with Crippen LogP contribution in [-0.2, 0) is 22.7 Å². The van der Waals surface area contributed by atoms with Gasteiger partial charge in [0.25, 0.3) is 0 Å². The van der Waals surface area contributed by atoms with Crippen LogP contribution in [0.3, 0.4) is 0 Å². The van der Waals surface area contributed by atoms with Crippen LogP contribution in [0.2, 0.25) is 0 Å². The fourth-order valence-electron chi connectivity index (χ4n) is 3.40. The molecule has 4 rings (SSSR count). The lowest BCUT2D eigenvalue weighted by atomic mass is 10.2. The fourth-order valence-corrected chi connectivity index (χ4v) is 4.86. The minimum atomic E-state index is -0.151. The molecule has 1 saturated heterocycles. The molecule has 2 fully saturated rings. The molecule has 8 heteroatoms. The summed E-state index contributed by atoms with van der Waals surface area (Å²) in [4.78, 5) is 14.1. The van der Waals surface area contributed by atoms with Gasteiger partial charge in [-0.2, -0.15) is 5.10 Å². The molecule has 0 amide bonds. The van der Waals surface area contributed by atoms with Gasteiger partial charge in [0.05, 0.1) is 20.3 Å². The molecular formula is C19H24N4O2S2. The average Bonchev–Trinajstić information content (AvgIpc) is 3.50. The molecule has 1 atom stereocenters. The van der Waals surface area contributed by atoms with Crippen molar-refractivity contribution < 1.29 is 9.53 Å². The number of aromatic nitrogens is 3. The zero-order valence-corrected chi connectivity index (χ0v) is 17.0. The second-order valence-electron chi connectivity index (χ2n) is 7.09. The van der Waals surface area contributed by atoms with Crippen LogP contribution in [0.15, 0.2) is 30.3 Å². The summed E-state index contributed by atoms with van der Waals surface area (Å²) >= 11 is 7.43. The van der Waals surface area contributed by atoms with Crippen molar-refractivity contribution >= 4 is 29.9 Å². The Morgan fingerprint density at radius 1 is 1.33 bits per heavy atom. The van der Waals surface area contributed by atoms with E-state index in [0.717, 1.165) is 29.4 Å². The van der Waals surface area contributed by atoms with Crippen molar-refractivity contribution in [2.24, 2.45) is 0 Å². The quantitative estimate of drug-likeness (QED) is 0.545. The normalized spacial score (nSPS) is 20.6. The van der Waals surface area contributed by atoms with E-state index < -0.39 is 0 Å². The Labute approximate surface area is 168 Å². The van der Waals surface area contributed by atoms with E-state index in [1.165, 1.54) is 25.5 Å². The van der Waals surface area contributed by atoms with Crippen molar-refractivity contribution in [2.75, 3.05) is 26.0 Å². The highest BCUT2D eigenvalue weighted by atomic mass is 32.2. The van der Waals surface area contributed by atoms with Crippen LogP contribution in [0, 0.1) is 4.77 Å². The van der Waals surface area contributed by atoms with Gasteiger partial charge in [0, 0.05) is 24.8 Å². The summed E-state index contributed by atoms with van der Waals surface area (Å²) in [6, 6.07) is 10.4. The third kappa shape index (κ3) is 4.28. The number of ether oxygens (including phenoxy) is 1. The predicted octanol–water partition coefficient (Wildman–Crippen LogP) is 2.89. The molecule has 0 N–H and O–H groups in total. The number of hydrogen-bond acceptors (Lipinski definition) is 6. The highest BCUT2D eigenvalue weighted by Gasteiger charge is 2.31. The lowest BCUT2D eigenvalue weighted by molar-refractivity contribution is -0.140. The van der Waals surface area contributed by atoms with Crippen LogP contribution in [0.4, 0.5) is 0 Å². The van der Waals surface area contributed by atoms with Crippen LogP contribution in [0.5, 0.6) is 0 Å². The van der Waals surface area contributed by atoms with E-state index in [1.807, 2.05) is 10.7 Å². The lowest BCUT2D eigenvalue weighted by Gasteiger charge is -2.30. The lowest BCUT2D eigenvalue weighted by Crippen LogP contribution is -2.42. The molecule has 6 nitrogen and oxygen atoms in total. The van der Waals surface area contributed by atoms with Gasteiger partial charge in [-0.3, -0.25) is 14.3 Å². The molecular weight excluding hydrogens is 380 g/mol. The first-order chi connectivity index (χ1) is 13.2. The van der Waals surface area contributed by atoms with Crippen molar-refractivity contribution in [1.82, 2.24) is 19.2 Å². The summed E-state index contributed by atoms with van der Waals surface area (Å²) in [6.45, 7) is 2.97. The van der Waals surface area contributed by atoms with E-state index in [4.69, 9.17) is 22.1 Å². The average molecular weight is 405 g/mol. The summed E-state index contributed by atoms with van der Waals surface area (Å²) < 4.78 is 9.77. The van der Waals surface area contributed by atoms with Crippen molar-refractivity contribution in [3.8, 4) is 0 Å². The summed E-state index contributed by atoms with van der Waals surface area (Å²) in [7, 11) is 1.45. The number of benzene rings is 1. The minimum Gasteiger partial charge on any atom is -0.468 e. The van der Waals surface area contributed by atoms with Crippen LogP contribution < -0.4 is 0 Å². The van der Waals surface area contributed by atoms with Gasteiger partial charge in [0.2, 0.25) is 0 Å². The number of esters is 1. The first-order valence-electron chi connectivity index (χ1n) is 9.29. The highest BCUT2D eigenvalue weighted by Crippen LogP contribution is 2.39. The largest absolute Gasteiger partial charge is 0.468 e. The van der Waals surface area contributed by atoms with Crippen LogP contribution in [0.25, 0.3) is 0 Å². The third-order valence-electron chi connectivity index (χ3n) is 5.03. The number of methoxy groups -OCH3 is 1. The zero-order valence-electron chi connectivity index (χ0n) is 15.4. The SMILES string of the molecule is COC(=O)[C@@H]1CN(Cn2nc(C3CC3)n(Cc3ccccc3)c2=S)CCS1. The molecule has 144 valence electrons. The van der Waals surface area contributed by atoms with Gasteiger partial charge in [0.1, 0.15) is 11.1 Å². The highest BCUT2D eigenvalue weighted by molar-refractivity contribution is 8.00. The molecule has 27 heavy (non-hydrogen) atoms. The Morgan fingerprint density at radius 3 is 2.81 bits per heavy atom. The minimum absolute atomic E-state index is 0.132.